The molecule has 0 bridgehead atoms. The third kappa shape index (κ3) is 3.79. The summed E-state index contributed by atoms with van der Waals surface area (Å²) < 4.78 is 19.2. The second-order valence-electron chi connectivity index (χ2n) is 6.20. The van der Waals surface area contributed by atoms with Crippen LogP contribution in [0.25, 0.3) is 0 Å². The number of nitrogens with one attached hydrogen (secondary N) is 1. The Bertz CT molecular complexity index is 456. The van der Waals surface area contributed by atoms with Crippen LogP contribution in [0.4, 0.5) is 4.39 Å². The standard InChI is InChI=1S/C17H24FNOS/c18-15-4-1-3-14(11-15)17(6-8-20-9-7-17)13-19-16-5-2-10-21-12-16/h1,3-4,11,16,19H,2,5-10,12-13H2/t16-/m1/s1. The van der Waals surface area contributed by atoms with E-state index in [1.807, 2.05) is 17.8 Å². The fourth-order valence-electron chi connectivity index (χ4n) is 3.39. The number of hydrogen-bond donors (Lipinski definition) is 1. The van der Waals surface area contributed by atoms with Gasteiger partial charge in [-0.1, -0.05) is 12.1 Å². The highest BCUT2D eigenvalue weighted by Crippen LogP contribution is 2.35. The minimum Gasteiger partial charge on any atom is -0.381 e. The van der Waals surface area contributed by atoms with E-state index in [0.717, 1.165) is 38.2 Å². The first-order valence-electron chi connectivity index (χ1n) is 7.93. The Hall–Kier alpha value is -0.580. The number of rotatable bonds is 4. The van der Waals surface area contributed by atoms with E-state index in [-0.39, 0.29) is 11.2 Å². The molecule has 0 radical (unpaired) electrons. The molecule has 2 nitrogen and oxygen atoms in total. The Kier molecular flexibility index (Phi) is 5.19. The van der Waals surface area contributed by atoms with E-state index in [1.54, 1.807) is 6.07 Å². The quantitative estimate of drug-likeness (QED) is 0.921. The molecule has 2 aliphatic rings. The van der Waals surface area contributed by atoms with Gasteiger partial charge in [-0.15, -0.1) is 0 Å². The van der Waals surface area contributed by atoms with Crippen molar-refractivity contribution in [2.24, 2.45) is 0 Å². The first-order chi connectivity index (χ1) is 10.3. The van der Waals surface area contributed by atoms with Crippen molar-refractivity contribution in [3.8, 4) is 0 Å². The van der Waals surface area contributed by atoms with E-state index in [0.29, 0.717) is 6.04 Å². The molecule has 2 aliphatic heterocycles. The second kappa shape index (κ2) is 7.12. The second-order valence-corrected chi connectivity index (χ2v) is 7.35. The molecule has 0 spiro atoms. The third-order valence-electron chi connectivity index (χ3n) is 4.78. The molecule has 1 aromatic rings. The number of ether oxygens (including phenoxy) is 1. The molecule has 0 aliphatic carbocycles. The van der Waals surface area contributed by atoms with Gasteiger partial charge in [0, 0.05) is 37.0 Å². The summed E-state index contributed by atoms with van der Waals surface area (Å²) in [6, 6.07) is 7.76. The first kappa shape index (κ1) is 15.3. The molecule has 0 unspecified atom stereocenters. The molecule has 0 aromatic heterocycles. The fourth-order valence-corrected chi connectivity index (χ4v) is 4.50. The molecule has 116 valence electrons. The van der Waals surface area contributed by atoms with Crippen LogP contribution in [0.1, 0.15) is 31.2 Å². The summed E-state index contributed by atoms with van der Waals surface area (Å²) in [5.74, 6) is 2.36. The molecule has 3 rings (SSSR count). The van der Waals surface area contributed by atoms with Crippen molar-refractivity contribution in [2.75, 3.05) is 31.3 Å². The van der Waals surface area contributed by atoms with Gasteiger partial charge in [0.15, 0.2) is 0 Å². The van der Waals surface area contributed by atoms with E-state index in [4.69, 9.17) is 4.74 Å². The van der Waals surface area contributed by atoms with Gasteiger partial charge in [0.2, 0.25) is 0 Å². The fraction of sp³-hybridized carbons (Fsp3) is 0.647. The van der Waals surface area contributed by atoms with Gasteiger partial charge >= 0.3 is 0 Å². The highest BCUT2D eigenvalue weighted by Gasteiger charge is 2.35. The zero-order chi connectivity index (χ0) is 14.5. The molecule has 4 heteroatoms. The molecule has 2 heterocycles. The van der Waals surface area contributed by atoms with Crippen LogP contribution in [0.15, 0.2) is 24.3 Å². The maximum atomic E-state index is 13.6. The van der Waals surface area contributed by atoms with Crippen LogP contribution in [0.2, 0.25) is 0 Å². The minimum absolute atomic E-state index is 0.0302. The monoisotopic (exact) mass is 309 g/mol. The molecule has 2 saturated heterocycles. The zero-order valence-electron chi connectivity index (χ0n) is 12.4. The van der Waals surface area contributed by atoms with Gasteiger partial charge in [-0.3, -0.25) is 0 Å². The Morgan fingerprint density at radius 1 is 1.33 bits per heavy atom. The van der Waals surface area contributed by atoms with Crippen molar-refractivity contribution in [1.29, 1.82) is 0 Å². The van der Waals surface area contributed by atoms with Gasteiger partial charge in [0.1, 0.15) is 5.82 Å². The Morgan fingerprint density at radius 2 is 2.19 bits per heavy atom. The van der Waals surface area contributed by atoms with Crippen molar-refractivity contribution in [3.63, 3.8) is 0 Å². The van der Waals surface area contributed by atoms with Crippen LogP contribution < -0.4 is 5.32 Å². The summed E-state index contributed by atoms with van der Waals surface area (Å²) in [7, 11) is 0. The normalized spacial score (nSPS) is 25.7. The molecule has 1 atom stereocenters. The van der Waals surface area contributed by atoms with E-state index in [1.165, 1.54) is 30.4 Å². The maximum absolute atomic E-state index is 13.6. The Morgan fingerprint density at radius 3 is 2.90 bits per heavy atom. The first-order valence-corrected chi connectivity index (χ1v) is 9.09. The average molecular weight is 309 g/mol. The maximum Gasteiger partial charge on any atom is 0.123 e. The number of hydrogen-bond acceptors (Lipinski definition) is 3. The molecule has 1 aromatic carbocycles. The molecular weight excluding hydrogens is 285 g/mol. The smallest absolute Gasteiger partial charge is 0.123 e. The van der Waals surface area contributed by atoms with Crippen molar-refractivity contribution in [2.45, 2.75) is 37.1 Å². The lowest BCUT2D eigenvalue weighted by Gasteiger charge is -2.39. The van der Waals surface area contributed by atoms with Crippen LogP contribution in [0.3, 0.4) is 0 Å². The van der Waals surface area contributed by atoms with Crippen molar-refractivity contribution in [1.82, 2.24) is 5.32 Å². The third-order valence-corrected chi connectivity index (χ3v) is 5.99. The SMILES string of the molecule is Fc1cccc(C2(CN[C@@H]3CCCSC3)CCOCC2)c1. The molecule has 21 heavy (non-hydrogen) atoms. The number of halogens is 1. The van der Waals surface area contributed by atoms with E-state index < -0.39 is 0 Å². The van der Waals surface area contributed by atoms with Crippen molar-refractivity contribution >= 4 is 11.8 Å². The Balaban J connectivity index is 1.73. The summed E-state index contributed by atoms with van der Waals surface area (Å²) in [4.78, 5) is 0. The van der Waals surface area contributed by atoms with Crippen molar-refractivity contribution in [3.05, 3.63) is 35.6 Å². The lowest BCUT2D eigenvalue weighted by Crippen LogP contribution is -2.47. The van der Waals surface area contributed by atoms with Crippen LogP contribution >= 0.6 is 11.8 Å². The topological polar surface area (TPSA) is 21.3 Å². The van der Waals surface area contributed by atoms with Crippen molar-refractivity contribution < 1.29 is 9.13 Å². The molecule has 1 N–H and O–H groups in total. The lowest BCUT2D eigenvalue weighted by atomic mass is 9.74. The highest BCUT2D eigenvalue weighted by molar-refractivity contribution is 7.99. The minimum atomic E-state index is -0.133. The molecule has 0 saturated carbocycles. The molecule has 2 fully saturated rings. The van der Waals surface area contributed by atoms with Gasteiger partial charge < -0.3 is 10.1 Å². The zero-order valence-corrected chi connectivity index (χ0v) is 13.3. The van der Waals surface area contributed by atoms with Gasteiger partial charge in [0.25, 0.3) is 0 Å². The number of thioether (sulfide) groups is 1. The van der Waals surface area contributed by atoms with Gasteiger partial charge in [-0.05, 0) is 49.1 Å². The van der Waals surface area contributed by atoms with Crippen LogP contribution in [0, 0.1) is 5.82 Å². The highest BCUT2D eigenvalue weighted by atomic mass is 32.2. The average Bonchev–Trinajstić information content (AvgIpc) is 2.55. The summed E-state index contributed by atoms with van der Waals surface area (Å²) in [6.07, 6.45) is 4.52. The summed E-state index contributed by atoms with van der Waals surface area (Å²) in [5, 5.41) is 3.75. The molecular formula is C17H24FNOS. The van der Waals surface area contributed by atoms with Gasteiger partial charge in [0.05, 0.1) is 0 Å². The van der Waals surface area contributed by atoms with Crippen LogP contribution in [0.5, 0.6) is 0 Å². The largest absolute Gasteiger partial charge is 0.381 e. The van der Waals surface area contributed by atoms with E-state index in [2.05, 4.69) is 11.4 Å². The number of benzene rings is 1. The summed E-state index contributed by atoms with van der Waals surface area (Å²) in [5.41, 5.74) is 1.16. The van der Waals surface area contributed by atoms with E-state index in [9.17, 15) is 4.39 Å². The predicted molar refractivity (Wildman–Crippen MR) is 86.5 cm³/mol. The summed E-state index contributed by atoms with van der Waals surface area (Å²) >= 11 is 2.04. The van der Waals surface area contributed by atoms with Gasteiger partial charge in [-0.2, -0.15) is 11.8 Å². The predicted octanol–water partition coefficient (Wildman–Crippen LogP) is 3.36. The summed E-state index contributed by atoms with van der Waals surface area (Å²) in [6.45, 7) is 2.49. The molecule has 0 amide bonds. The lowest BCUT2D eigenvalue weighted by molar-refractivity contribution is 0.0488. The Labute approximate surface area is 130 Å². The van der Waals surface area contributed by atoms with E-state index >= 15 is 0 Å². The van der Waals surface area contributed by atoms with Crippen LogP contribution in [-0.4, -0.2) is 37.3 Å². The van der Waals surface area contributed by atoms with Crippen LogP contribution in [-0.2, 0) is 10.2 Å². The van der Waals surface area contributed by atoms with Gasteiger partial charge in [-0.25, -0.2) is 4.39 Å².